The van der Waals surface area contributed by atoms with Crippen LogP contribution in [0.15, 0.2) is 59.5 Å². The zero-order valence-electron chi connectivity index (χ0n) is 12.8. The van der Waals surface area contributed by atoms with Gasteiger partial charge in [0, 0.05) is 5.69 Å². The number of carbonyl (C=O) groups is 1. The van der Waals surface area contributed by atoms with Crippen LogP contribution in [0.2, 0.25) is 0 Å². The van der Waals surface area contributed by atoms with Crippen molar-refractivity contribution < 1.29 is 31.1 Å². The van der Waals surface area contributed by atoms with E-state index < -0.39 is 27.4 Å². The lowest BCUT2D eigenvalue weighted by molar-refractivity contribution is -0.274. The molecule has 0 heterocycles. The van der Waals surface area contributed by atoms with Crippen LogP contribution in [0.25, 0.3) is 6.08 Å². The highest BCUT2D eigenvalue weighted by atomic mass is 35.5. The summed E-state index contributed by atoms with van der Waals surface area (Å²) in [7, 11) is -3.99. The lowest BCUT2D eigenvalue weighted by Gasteiger charge is -2.11. The third kappa shape index (κ3) is 6.08. The Balaban J connectivity index is 2.18. The van der Waals surface area contributed by atoms with Gasteiger partial charge in [0.25, 0.3) is 10.0 Å². The molecule has 0 aliphatic carbocycles. The van der Waals surface area contributed by atoms with Crippen LogP contribution in [0, 0.1) is 0 Å². The zero-order chi connectivity index (χ0) is 19.4. The molecule has 0 spiro atoms. The number of allylic oxidation sites excluding steroid dienone is 1. The van der Waals surface area contributed by atoms with Gasteiger partial charge in [-0.2, -0.15) is 0 Å². The number of halogens is 4. The largest absolute Gasteiger partial charge is 0.573 e. The van der Waals surface area contributed by atoms with Crippen LogP contribution in [0.4, 0.5) is 18.9 Å². The third-order valence-electron chi connectivity index (χ3n) is 2.92. The van der Waals surface area contributed by atoms with Crippen LogP contribution < -0.4 is 9.46 Å². The Kier molecular flexibility index (Phi) is 5.94. The van der Waals surface area contributed by atoms with Gasteiger partial charge in [0.1, 0.15) is 5.75 Å². The van der Waals surface area contributed by atoms with Crippen molar-refractivity contribution in [1.29, 1.82) is 0 Å². The molecule has 2 aromatic carbocycles. The highest BCUT2D eigenvalue weighted by Crippen LogP contribution is 2.25. The van der Waals surface area contributed by atoms with Gasteiger partial charge in [0.2, 0.25) is 5.24 Å². The minimum Gasteiger partial charge on any atom is -0.406 e. The number of hydrogen-bond donors (Lipinski definition) is 1. The summed E-state index contributed by atoms with van der Waals surface area (Å²) in [4.78, 5) is 10.6. The summed E-state index contributed by atoms with van der Waals surface area (Å²) < 4.78 is 67.0. The highest BCUT2D eigenvalue weighted by molar-refractivity contribution is 7.92. The Morgan fingerprint density at radius 3 is 2.35 bits per heavy atom. The van der Waals surface area contributed by atoms with Gasteiger partial charge in [-0.3, -0.25) is 9.52 Å². The number of alkyl halides is 3. The first kappa shape index (κ1) is 19.8. The molecule has 0 aliphatic rings. The Bertz CT molecular complexity index is 925. The van der Waals surface area contributed by atoms with E-state index in [9.17, 15) is 26.4 Å². The molecule has 0 radical (unpaired) electrons. The molecule has 0 amide bonds. The van der Waals surface area contributed by atoms with Gasteiger partial charge in [0.05, 0.1) is 4.90 Å². The van der Waals surface area contributed by atoms with Crippen molar-refractivity contribution in [2.24, 2.45) is 0 Å². The summed E-state index contributed by atoms with van der Waals surface area (Å²) >= 11 is 5.18. The molecule has 5 nitrogen and oxygen atoms in total. The molecule has 0 aromatic heterocycles. The van der Waals surface area contributed by atoms with Gasteiger partial charge < -0.3 is 4.74 Å². The first-order valence-corrected chi connectivity index (χ1v) is 8.77. The SMILES string of the molecule is O=C(Cl)C=Cc1cccc(S(=O)(=O)Nc2ccc(OC(F)(F)F)cc2)c1. The van der Waals surface area contributed by atoms with Crippen molar-refractivity contribution >= 4 is 38.6 Å². The smallest absolute Gasteiger partial charge is 0.406 e. The summed E-state index contributed by atoms with van der Waals surface area (Å²) in [6, 6.07) is 9.89. The molecule has 0 fully saturated rings. The van der Waals surface area contributed by atoms with Crippen molar-refractivity contribution in [3.8, 4) is 5.75 Å². The third-order valence-corrected chi connectivity index (χ3v) is 4.42. The monoisotopic (exact) mass is 405 g/mol. The number of rotatable bonds is 6. The van der Waals surface area contributed by atoms with E-state index in [4.69, 9.17) is 11.6 Å². The minimum absolute atomic E-state index is 0.0522. The molecule has 2 rings (SSSR count). The predicted octanol–water partition coefficient (Wildman–Crippen LogP) is 4.16. The molecule has 0 bridgehead atoms. The maximum absolute atomic E-state index is 12.4. The second-order valence-electron chi connectivity index (χ2n) is 4.89. The van der Waals surface area contributed by atoms with Gasteiger partial charge in [-0.15, -0.1) is 13.2 Å². The molecule has 138 valence electrons. The van der Waals surface area contributed by atoms with E-state index in [1.807, 2.05) is 0 Å². The second-order valence-corrected chi connectivity index (χ2v) is 6.94. The lowest BCUT2D eigenvalue weighted by Crippen LogP contribution is -2.17. The molecule has 26 heavy (non-hydrogen) atoms. The molecule has 0 atom stereocenters. The normalized spacial score (nSPS) is 12.2. The number of anilines is 1. The number of hydrogen-bond acceptors (Lipinski definition) is 4. The molecular formula is C16H11ClF3NO4S. The average Bonchev–Trinajstić information content (AvgIpc) is 2.53. The molecule has 1 N–H and O–H groups in total. The van der Waals surface area contributed by atoms with E-state index in [2.05, 4.69) is 9.46 Å². The van der Waals surface area contributed by atoms with E-state index in [0.29, 0.717) is 5.56 Å². The number of ether oxygens (including phenoxy) is 1. The number of benzene rings is 2. The highest BCUT2D eigenvalue weighted by Gasteiger charge is 2.31. The van der Waals surface area contributed by atoms with Crippen LogP contribution in [-0.4, -0.2) is 20.0 Å². The maximum Gasteiger partial charge on any atom is 0.573 e. The predicted molar refractivity (Wildman–Crippen MR) is 90.3 cm³/mol. The summed E-state index contributed by atoms with van der Waals surface area (Å²) in [5, 5.41) is -0.711. The van der Waals surface area contributed by atoms with E-state index in [1.165, 1.54) is 24.3 Å². The Morgan fingerprint density at radius 2 is 1.77 bits per heavy atom. The number of sulfonamides is 1. The van der Waals surface area contributed by atoms with Gasteiger partial charge in [-0.25, -0.2) is 8.42 Å². The topological polar surface area (TPSA) is 72.5 Å². The quantitative estimate of drug-likeness (QED) is 0.578. The fraction of sp³-hybridized carbons (Fsp3) is 0.0625. The van der Waals surface area contributed by atoms with Crippen molar-refractivity contribution in [3.63, 3.8) is 0 Å². The summed E-state index contributed by atoms with van der Waals surface area (Å²) in [5.74, 6) is -0.474. The number of carbonyl (C=O) groups excluding carboxylic acids is 1. The fourth-order valence-corrected chi connectivity index (χ4v) is 3.06. The minimum atomic E-state index is -4.83. The lowest BCUT2D eigenvalue weighted by atomic mass is 10.2. The number of nitrogens with one attached hydrogen (secondary N) is 1. The molecule has 0 unspecified atom stereocenters. The summed E-state index contributed by atoms with van der Waals surface area (Å²) in [6.07, 6.45) is -2.42. The van der Waals surface area contributed by atoms with Crippen molar-refractivity contribution in [1.82, 2.24) is 0 Å². The molecule has 0 aliphatic heterocycles. The summed E-state index contributed by atoms with van der Waals surface area (Å²) in [5.41, 5.74) is 0.479. The second kappa shape index (κ2) is 7.79. The van der Waals surface area contributed by atoms with Crippen molar-refractivity contribution in [3.05, 3.63) is 60.2 Å². The van der Waals surface area contributed by atoms with E-state index in [1.54, 1.807) is 6.07 Å². The summed E-state index contributed by atoms with van der Waals surface area (Å²) in [6.45, 7) is 0. The Hall–Kier alpha value is -2.52. The first-order valence-electron chi connectivity index (χ1n) is 6.91. The van der Waals surface area contributed by atoms with Crippen molar-refractivity contribution in [2.75, 3.05) is 4.72 Å². The van der Waals surface area contributed by atoms with Crippen LogP contribution in [0.5, 0.6) is 5.75 Å². The van der Waals surface area contributed by atoms with Gasteiger partial charge in [-0.05, 0) is 59.6 Å². The van der Waals surface area contributed by atoms with Gasteiger partial charge in [0.15, 0.2) is 0 Å². The molecule has 0 saturated heterocycles. The van der Waals surface area contributed by atoms with Crippen LogP contribution >= 0.6 is 11.6 Å². The molecular weight excluding hydrogens is 395 g/mol. The van der Waals surface area contributed by atoms with Crippen LogP contribution in [0.3, 0.4) is 0 Å². The fourth-order valence-electron chi connectivity index (χ4n) is 1.89. The maximum atomic E-state index is 12.4. The van der Waals surface area contributed by atoms with E-state index >= 15 is 0 Å². The van der Waals surface area contributed by atoms with Crippen LogP contribution in [0.1, 0.15) is 5.56 Å². The van der Waals surface area contributed by atoms with Gasteiger partial charge >= 0.3 is 6.36 Å². The van der Waals surface area contributed by atoms with Gasteiger partial charge in [-0.1, -0.05) is 18.2 Å². The molecule has 0 saturated carbocycles. The Labute approximate surface area is 152 Å². The Morgan fingerprint density at radius 1 is 1.12 bits per heavy atom. The molecule has 10 heteroatoms. The van der Waals surface area contributed by atoms with E-state index in [-0.39, 0.29) is 10.6 Å². The van der Waals surface area contributed by atoms with E-state index in [0.717, 1.165) is 30.3 Å². The van der Waals surface area contributed by atoms with Crippen LogP contribution in [-0.2, 0) is 14.8 Å². The first-order chi connectivity index (χ1) is 12.0. The molecule has 2 aromatic rings. The van der Waals surface area contributed by atoms with Crippen molar-refractivity contribution in [2.45, 2.75) is 11.3 Å². The zero-order valence-corrected chi connectivity index (χ0v) is 14.4. The average molecular weight is 406 g/mol. The standard InChI is InChI=1S/C16H11ClF3NO4S/c17-15(22)9-4-11-2-1-3-14(10-11)26(23,24)21-12-5-7-13(8-6-12)25-16(18,19)20/h1-10,21H.